The highest BCUT2D eigenvalue weighted by Crippen LogP contribution is 2.21. The summed E-state index contributed by atoms with van der Waals surface area (Å²) < 4.78 is 4.62. The second kappa shape index (κ2) is 6.22. The number of carbonyl (C=O) groups is 2. The molecule has 1 heterocycles. The minimum absolute atomic E-state index is 0.247. The summed E-state index contributed by atoms with van der Waals surface area (Å²) in [5, 5.41) is 2.68. The summed E-state index contributed by atoms with van der Waals surface area (Å²) in [4.78, 5) is 24.4. The zero-order valence-electron chi connectivity index (χ0n) is 11.0. The second-order valence-electron chi connectivity index (χ2n) is 4.57. The maximum Gasteiger partial charge on any atom is 0.303 e. The van der Waals surface area contributed by atoms with Crippen molar-refractivity contribution < 1.29 is 14.3 Å². The number of nitrogens with one attached hydrogen (secondary N) is 1. The van der Waals surface area contributed by atoms with Gasteiger partial charge in [-0.25, -0.2) is 0 Å². The third-order valence-corrected chi connectivity index (χ3v) is 3.03. The molecule has 2 rings (SSSR count). The van der Waals surface area contributed by atoms with Crippen molar-refractivity contribution in [2.45, 2.75) is 19.8 Å². The maximum atomic E-state index is 11.5. The summed E-state index contributed by atoms with van der Waals surface area (Å²) in [5.41, 5.74) is 1.88. The van der Waals surface area contributed by atoms with Gasteiger partial charge >= 0.3 is 5.97 Å². The molecule has 0 aromatic heterocycles. The molecule has 102 valence electrons. The summed E-state index contributed by atoms with van der Waals surface area (Å²) in [6.07, 6.45) is 2.47. The van der Waals surface area contributed by atoms with Crippen LogP contribution in [0.4, 0.5) is 11.4 Å². The number of carbonyl (C=O) groups excluding carboxylic acids is 2. The average molecular weight is 262 g/mol. The van der Waals surface area contributed by atoms with Crippen LogP contribution >= 0.6 is 0 Å². The Balaban J connectivity index is 1.87. The molecule has 0 spiro atoms. The highest BCUT2D eigenvalue weighted by atomic mass is 16.5. The van der Waals surface area contributed by atoms with Crippen LogP contribution in [0.1, 0.15) is 19.8 Å². The van der Waals surface area contributed by atoms with E-state index in [1.807, 2.05) is 24.3 Å². The number of esters is 1. The van der Waals surface area contributed by atoms with Gasteiger partial charge in [0.05, 0.1) is 0 Å². The Kier molecular flexibility index (Phi) is 4.39. The van der Waals surface area contributed by atoms with Gasteiger partial charge in [0.1, 0.15) is 0 Å². The molecule has 0 unspecified atom stereocenters. The summed E-state index contributed by atoms with van der Waals surface area (Å²) in [5.74, 6) is -0.788. The van der Waals surface area contributed by atoms with Gasteiger partial charge in [-0.3, -0.25) is 9.59 Å². The first-order chi connectivity index (χ1) is 9.15. The van der Waals surface area contributed by atoms with Crippen molar-refractivity contribution in [2.75, 3.05) is 29.9 Å². The lowest BCUT2D eigenvalue weighted by molar-refractivity contribution is -0.144. The van der Waals surface area contributed by atoms with Gasteiger partial charge in [0, 0.05) is 31.4 Å². The fourth-order valence-electron chi connectivity index (χ4n) is 2.10. The highest BCUT2D eigenvalue weighted by molar-refractivity contribution is 5.92. The third kappa shape index (κ3) is 3.98. The van der Waals surface area contributed by atoms with Crippen LogP contribution in [0.2, 0.25) is 0 Å². The number of amides is 1. The van der Waals surface area contributed by atoms with Gasteiger partial charge in [0.15, 0.2) is 6.61 Å². The van der Waals surface area contributed by atoms with Crippen molar-refractivity contribution in [1.29, 1.82) is 0 Å². The lowest BCUT2D eigenvalue weighted by Gasteiger charge is -2.17. The summed E-state index contributed by atoms with van der Waals surface area (Å²) in [6.45, 7) is 3.22. The van der Waals surface area contributed by atoms with Crippen molar-refractivity contribution in [3.63, 3.8) is 0 Å². The molecule has 0 aliphatic carbocycles. The van der Waals surface area contributed by atoms with Gasteiger partial charge in [-0.05, 0) is 37.1 Å². The Hall–Kier alpha value is -2.04. The number of anilines is 2. The largest absolute Gasteiger partial charge is 0.456 e. The molecule has 19 heavy (non-hydrogen) atoms. The number of rotatable bonds is 4. The Labute approximate surface area is 112 Å². The van der Waals surface area contributed by atoms with E-state index in [4.69, 9.17) is 0 Å². The van der Waals surface area contributed by atoms with E-state index in [2.05, 4.69) is 15.0 Å². The lowest BCUT2D eigenvalue weighted by atomic mass is 10.2. The quantitative estimate of drug-likeness (QED) is 0.840. The van der Waals surface area contributed by atoms with E-state index < -0.39 is 5.97 Å². The average Bonchev–Trinajstić information content (AvgIpc) is 2.91. The summed E-state index contributed by atoms with van der Waals surface area (Å²) >= 11 is 0. The Bertz CT molecular complexity index is 450. The molecule has 1 amide bonds. The number of hydrogen-bond acceptors (Lipinski definition) is 4. The molecular formula is C14H18N2O3. The number of hydrogen-bond donors (Lipinski definition) is 1. The first-order valence-electron chi connectivity index (χ1n) is 6.43. The van der Waals surface area contributed by atoms with Gasteiger partial charge in [-0.1, -0.05) is 0 Å². The van der Waals surface area contributed by atoms with E-state index in [1.54, 1.807) is 0 Å². The van der Waals surface area contributed by atoms with Crippen LogP contribution in [0.15, 0.2) is 24.3 Å². The molecular weight excluding hydrogens is 244 g/mol. The second-order valence-corrected chi connectivity index (χ2v) is 4.57. The molecule has 0 saturated carbocycles. The molecule has 1 saturated heterocycles. The minimum atomic E-state index is -0.459. The predicted molar refractivity (Wildman–Crippen MR) is 73.2 cm³/mol. The zero-order chi connectivity index (χ0) is 13.7. The topological polar surface area (TPSA) is 58.6 Å². The number of ether oxygens (including phenoxy) is 1. The van der Waals surface area contributed by atoms with Crippen LogP contribution in [-0.2, 0) is 14.3 Å². The molecule has 1 aromatic carbocycles. The van der Waals surface area contributed by atoms with Crippen LogP contribution in [-0.4, -0.2) is 31.6 Å². The first kappa shape index (κ1) is 13.4. The van der Waals surface area contributed by atoms with Crippen LogP contribution in [0.5, 0.6) is 0 Å². The summed E-state index contributed by atoms with van der Waals surface area (Å²) in [6, 6.07) is 7.71. The van der Waals surface area contributed by atoms with Crippen LogP contribution in [0.25, 0.3) is 0 Å². The van der Waals surface area contributed by atoms with Gasteiger partial charge in [-0.2, -0.15) is 0 Å². The van der Waals surface area contributed by atoms with Crippen molar-refractivity contribution >= 4 is 23.3 Å². The molecule has 1 aliphatic rings. The molecule has 0 radical (unpaired) electrons. The van der Waals surface area contributed by atoms with Crippen LogP contribution < -0.4 is 10.2 Å². The number of benzene rings is 1. The summed E-state index contributed by atoms with van der Waals surface area (Å²) in [7, 11) is 0. The minimum Gasteiger partial charge on any atom is -0.456 e. The Morgan fingerprint density at radius 2 is 1.84 bits per heavy atom. The molecule has 1 aliphatic heterocycles. The number of nitrogens with zero attached hydrogens (tertiary/aromatic N) is 1. The first-order valence-corrected chi connectivity index (χ1v) is 6.43. The van der Waals surface area contributed by atoms with E-state index in [0.717, 1.165) is 13.1 Å². The fraction of sp³-hybridized carbons (Fsp3) is 0.429. The van der Waals surface area contributed by atoms with E-state index in [0.29, 0.717) is 5.69 Å². The zero-order valence-corrected chi connectivity index (χ0v) is 11.0. The van der Waals surface area contributed by atoms with Gasteiger partial charge < -0.3 is 15.0 Å². The lowest BCUT2D eigenvalue weighted by Crippen LogP contribution is -2.20. The van der Waals surface area contributed by atoms with Crippen molar-refractivity contribution in [1.82, 2.24) is 0 Å². The van der Waals surface area contributed by atoms with Gasteiger partial charge in [0.2, 0.25) is 0 Å². The maximum absolute atomic E-state index is 11.5. The third-order valence-electron chi connectivity index (χ3n) is 3.03. The van der Waals surface area contributed by atoms with E-state index >= 15 is 0 Å². The Morgan fingerprint density at radius 3 is 2.42 bits per heavy atom. The smallest absolute Gasteiger partial charge is 0.303 e. The fourth-order valence-corrected chi connectivity index (χ4v) is 2.10. The molecule has 1 aromatic rings. The highest BCUT2D eigenvalue weighted by Gasteiger charge is 2.12. The Morgan fingerprint density at radius 1 is 1.21 bits per heavy atom. The van der Waals surface area contributed by atoms with Crippen molar-refractivity contribution in [3.8, 4) is 0 Å². The molecule has 0 bridgehead atoms. The monoisotopic (exact) mass is 262 g/mol. The van der Waals surface area contributed by atoms with Gasteiger partial charge in [0.25, 0.3) is 5.91 Å². The predicted octanol–water partition coefficient (Wildman–Crippen LogP) is 1.79. The standard InChI is InChI=1S/C14H18N2O3/c1-11(17)19-10-14(18)15-12-4-6-13(7-5-12)16-8-2-3-9-16/h4-7H,2-3,8-10H2,1H3,(H,15,18). The van der Waals surface area contributed by atoms with E-state index in [9.17, 15) is 9.59 Å². The van der Waals surface area contributed by atoms with E-state index in [-0.39, 0.29) is 12.5 Å². The normalized spacial score (nSPS) is 14.3. The van der Waals surface area contributed by atoms with Gasteiger partial charge in [-0.15, -0.1) is 0 Å². The van der Waals surface area contributed by atoms with Crippen molar-refractivity contribution in [2.24, 2.45) is 0 Å². The van der Waals surface area contributed by atoms with E-state index in [1.165, 1.54) is 25.5 Å². The molecule has 1 N–H and O–H groups in total. The molecule has 5 heteroatoms. The molecule has 0 atom stereocenters. The molecule has 5 nitrogen and oxygen atoms in total. The van der Waals surface area contributed by atoms with Crippen LogP contribution in [0, 0.1) is 0 Å². The molecule has 1 fully saturated rings. The van der Waals surface area contributed by atoms with Crippen LogP contribution in [0.3, 0.4) is 0 Å². The SMILES string of the molecule is CC(=O)OCC(=O)Nc1ccc(N2CCCC2)cc1. The van der Waals surface area contributed by atoms with Crippen molar-refractivity contribution in [3.05, 3.63) is 24.3 Å².